The topological polar surface area (TPSA) is 56.1 Å². The first-order valence-electron chi connectivity index (χ1n) is 7.81. The van der Waals surface area contributed by atoms with Crippen LogP contribution < -0.4 is 10.1 Å². The van der Waals surface area contributed by atoms with Crippen molar-refractivity contribution in [3.05, 3.63) is 71.3 Å². The predicted molar refractivity (Wildman–Crippen MR) is 98.6 cm³/mol. The number of ether oxygens (including phenoxy) is 1. The van der Waals surface area contributed by atoms with E-state index < -0.39 is 0 Å². The van der Waals surface area contributed by atoms with Gasteiger partial charge < -0.3 is 14.6 Å². The van der Waals surface area contributed by atoms with Crippen molar-refractivity contribution in [2.75, 3.05) is 11.9 Å². The molecule has 0 radical (unpaired) electrons. The Morgan fingerprint density at radius 1 is 1.24 bits per heavy atom. The summed E-state index contributed by atoms with van der Waals surface area (Å²) in [5.41, 5.74) is 3.56. The Bertz CT molecular complexity index is 892. The van der Waals surface area contributed by atoms with Gasteiger partial charge in [0.05, 0.1) is 17.0 Å². The molecule has 1 N–H and O–H groups in total. The smallest absolute Gasteiger partial charge is 0.262 e. The van der Waals surface area contributed by atoms with Crippen molar-refractivity contribution >= 4 is 23.2 Å². The largest absolute Gasteiger partial charge is 0.483 e. The number of nitrogens with zero attached hydrogens (tertiary/aromatic N) is 2. The fraction of sp³-hybridized carbons (Fsp3) is 0.158. The maximum absolute atomic E-state index is 12.1. The van der Waals surface area contributed by atoms with E-state index in [0.717, 1.165) is 16.8 Å². The van der Waals surface area contributed by atoms with Crippen LogP contribution >= 0.6 is 11.6 Å². The number of imidazole rings is 1. The first-order valence-corrected chi connectivity index (χ1v) is 8.18. The zero-order valence-electron chi connectivity index (χ0n) is 14.0. The molecule has 1 heterocycles. The molecular formula is C19H18ClN3O2. The van der Waals surface area contributed by atoms with Gasteiger partial charge in [-0.25, -0.2) is 4.98 Å². The lowest BCUT2D eigenvalue weighted by Gasteiger charge is -2.11. The van der Waals surface area contributed by atoms with Crippen molar-refractivity contribution in [2.45, 2.75) is 13.8 Å². The number of hydrogen-bond donors (Lipinski definition) is 1. The summed E-state index contributed by atoms with van der Waals surface area (Å²) in [4.78, 5) is 16.1. The van der Waals surface area contributed by atoms with E-state index in [0.29, 0.717) is 16.5 Å². The third kappa shape index (κ3) is 4.19. The standard InChI is InChI=1S/C19H18ClN3O2/c1-13-3-6-18(14(2)9-13)25-11-19(24)22-15-4-5-17(16(20)10-15)23-8-7-21-12-23/h3-10,12H,11H2,1-2H3,(H,22,24). The van der Waals surface area contributed by atoms with E-state index in [1.54, 1.807) is 35.4 Å². The van der Waals surface area contributed by atoms with Crippen LogP contribution in [0, 0.1) is 13.8 Å². The molecule has 128 valence electrons. The summed E-state index contributed by atoms with van der Waals surface area (Å²) >= 11 is 6.28. The monoisotopic (exact) mass is 355 g/mol. The van der Waals surface area contributed by atoms with Crippen LogP contribution in [0.25, 0.3) is 5.69 Å². The Balaban J connectivity index is 1.62. The third-order valence-corrected chi connectivity index (χ3v) is 4.01. The van der Waals surface area contributed by atoms with Gasteiger partial charge in [0, 0.05) is 18.1 Å². The van der Waals surface area contributed by atoms with Gasteiger partial charge in [-0.1, -0.05) is 29.3 Å². The average Bonchev–Trinajstić information content (AvgIpc) is 3.08. The maximum atomic E-state index is 12.1. The highest BCUT2D eigenvalue weighted by atomic mass is 35.5. The number of amides is 1. The van der Waals surface area contributed by atoms with Crippen LogP contribution in [0.2, 0.25) is 5.02 Å². The number of hydrogen-bond acceptors (Lipinski definition) is 3. The number of benzene rings is 2. The van der Waals surface area contributed by atoms with Crippen LogP contribution in [0.1, 0.15) is 11.1 Å². The van der Waals surface area contributed by atoms with Crippen molar-refractivity contribution in [3.8, 4) is 11.4 Å². The van der Waals surface area contributed by atoms with E-state index in [1.807, 2.05) is 38.1 Å². The summed E-state index contributed by atoms with van der Waals surface area (Å²) in [7, 11) is 0. The van der Waals surface area contributed by atoms with Crippen molar-refractivity contribution < 1.29 is 9.53 Å². The van der Waals surface area contributed by atoms with Crippen LogP contribution in [0.5, 0.6) is 5.75 Å². The second-order valence-electron chi connectivity index (χ2n) is 5.74. The summed E-state index contributed by atoms with van der Waals surface area (Å²) in [6.07, 6.45) is 5.14. The number of aromatic nitrogens is 2. The summed E-state index contributed by atoms with van der Waals surface area (Å²) in [5.74, 6) is 0.459. The summed E-state index contributed by atoms with van der Waals surface area (Å²) in [6, 6.07) is 11.2. The summed E-state index contributed by atoms with van der Waals surface area (Å²) < 4.78 is 7.38. The summed E-state index contributed by atoms with van der Waals surface area (Å²) in [6.45, 7) is 3.90. The molecule has 2 aromatic carbocycles. The molecule has 6 heteroatoms. The quantitative estimate of drug-likeness (QED) is 0.747. The second-order valence-corrected chi connectivity index (χ2v) is 6.15. The molecule has 0 saturated carbocycles. The zero-order valence-corrected chi connectivity index (χ0v) is 14.7. The van der Waals surface area contributed by atoms with Crippen LogP contribution in [0.3, 0.4) is 0 Å². The Morgan fingerprint density at radius 2 is 2.08 bits per heavy atom. The molecule has 0 saturated heterocycles. The van der Waals surface area contributed by atoms with Gasteiger partial charge >= 0.3 is 0 Å². The number of anilines is 1. The van der Waals surface area contributed by atoms with E-state index in [1.165, 1.54) is 0 Å². The Kier molecular flexibility index (Phi) is 5.05. The van der Waals surface area contributed by atoms with E-state index in [-0.39, 0.29) is 12.5 Å². The predicted octanol–water partition coefficient (Wildman–Crippen LogP) is 4.16. The van der Waals surface area contributed by atoms with E-state index >= 15 is 0 Å². The molecular weight excluding hydrogens is 338 g/mol. The third-order valence-electron chi connectivity index (χ3n) is 3.70. The molecule has 1 aromatic heterocycles. The van der Waals surface area contributed by atoms with Gasteiger partial charge in [-0.2, -0.15) is 0 Å². The van der Waals surface area contributed by atoms with Gasteiger partial charge in [0.2, 0.25) is 0 Å². The highest BCUT2D eigenvalue weighted by Crippen LogP contribution is 2.24. The highest BCUT2D eigenvalue weighted by Gasteiger charge is 2.08. The zero-order chi connectivity index (χ0) is 17.8. The van der Waals surface area contributed by atoms with Crippen LogP contribution in [0.4, 0.5) is 5.69 Å². The molecule has 0 aliphatic rings. The van der Waals surface area contributed by atoms with E-state index in [9.17, 15) is 4.79 Å². The van der Waals surface area contributed by atoms with Crippen LogP contribution in [-0.4, -0.2) is 22.1 Å². The van der Waals surface area contributed by atoms with Gasteiger partial charge in [0.1, 0.15) is 5.75 Å². The number of rotatable bonds is 5. The van der Waals surface area contributed by atoms with Crippen LogP contribution in [0.15, 0.2) is 55.1 Å². The second kappa shape index (κ2) is 7.40. The summed E-state index contributed by atoms with van der Waals surface area (Å²) in [5, 5.41) is 3.30. The molecule has 0 aliphatic heterocycles. The molecule has 0 aliphatic carbocycles. The minimum Gasteiger partial charge on any atom is -0.483 e. The fourth-order valence-electron chi connectivity index (χ4n) is 2.50. The molecule has 3 rings (SSSR count). The molecule has 0 unspecified atom stereocenters. The normalized spacial score (nSPS) is 10.5. The lowest BCUT2D eigenvalue weighted by Crippen LogP contribution is -2.20. The van der Waals surface area contributed by atoms with Crippen molar-refractivity contribution in [1.29, 1.82) is 0 Å². The highest BCUT2D eigenvalue weighted by molar-refractivity contribution is 6.32. The number of nitrogens with one attached hydrogen (secondary N) is 1. The Hall–Kier alpha value is -2.79. The van der Waals surface area contributed by atoms with Gasteiger partial charge in [0.25, 0.3) is 5.91 Å². The van der Waals surface area contributed by atoms with Crippen molar-refractivity contribution in [2.24, 2.45) is 0 Å². The molecule has 3 aromatic rings. The molecule has 0 bridgehead atoms. The maximum Gasteiger partial charge on any atom is 0.262 e. The Morgan fingerprint density at radius 3 is 2.76 bits per heavy atom. The lowest BCUT2D eigenvalue weighted by molar-refractivity contribution is -0.118. The van der Waals surface area contributed by atoms with Gasteiger partial charge in [-0.05, 0) is 43.7 Å². The first-order chi connectivity index (χ1) is 12.0. The molecule has 5 nitrogen and oxygen atoms in total. The number of carbonyl (C=O) groups excluding carboxylic acids is 1. The fourth-order valence-corrected chi connectivity index (χ4v) is 2.78. The number of halogens is 1. The van der Waals surface area contributed by atoms with E-state index in [4.69, 9.17) is 16.3 Å². The average molecular weight is 356 g/mol. The first kappa shape index (κ1) is 17.0. The SMILES string of the molecule is Cc1ccc(OCC(=O)Nc2ccc(-n3ccnc3)c(Cl)c2)c(C)c1. The Labute approximate surface area is 151 Å². The van der Waals surface area contributed by atoms with Gasteiger partial charge in [-0.15, -0.1) is 0 Å². The lowest BCUT2D eigenvalue weighted by atomic mass is 10.1. The van der Waals surface area contributed by atoms with Gasteiger partial charge in [-0.3, -0.25) is 4.79 Å². The van der Waals surface area contributed by atoms with Crippen LogP contribution in [-0.2, 0) is 4.79 Å². The van der Waals surface area contributed by atoms with Crippen molar-refractivity contribution in [1.82, 2.24) is 9.55 Å². The number of carbonyl (C=O) groups is 1. The minimum atomic E-state index is -0.244. The van der Waals surface area contributed by atoms with Gasteiger partial charge in [0.15, 0.2) is 6.61 Å². The molecule has 0 atom stereocenters. The van der Waals surface area contributed by atoms with E-state index in [2.05, 4.69) is 10.3 Å². The minimum absolute atomic E-state index is 0.0647. The van der Waals surface area contributed by atoms with Crippen molar-refractivity contribution in [3.63, 3.8) is 0 Å². The molecule has 0 spiro atoms. The molecule has 25 heavy (non-hydrogen) atoms. The molecule has 0 fully saturated rings. The molecule has 1 amide bonds. The number of aryl methyl sites for hydroxylation is 2.